The summed E-state index contributed by atoms with van der Waals surface area (Å²) in [6.45, 7) is 0. The van der Waals surface area contributed by atoms with E-state index in [1.54, 1.807) is 16.0 Å². The molecule has 1 aromatic carbocycles. The molecule has 3 rings (SSSR count). The van der Waals surface area contributed by atoms with Gasteiger partial charge in [0.25, 0.3) is 0 Å². The summed E-state index contributed by atoms with van der Waals surface area (Å²) in [7, 11) is 1.90. The van der Waals surface area contributed by atoms with Crippen LogP contribution in [0.25, 0.3) is 10.2 Å². The summed E-state index contributed by atoms with van der Waals surface area (Å²) in [5.41, 5.74) is 1.91. The predicted molar refractivity (Wildman–Crippen MR) is 78.0 cm³/mol. The number of fused-ring (bicyclic) bond motifs is 1. The van der Waals surface area contributed by atoms with Crippen LogP contribution < -0.4 is 0 Å². The van der Waals surface area contributed by atoms with Gasteiger partial charge in [0.15, 0.2) is 0 Å². The molecule has 4 heteroatoms. The average molecular weight is 267 g/mol. The van der Waals surface area contributed by atoms with Crippen LogP contribution in [-0.4, -0.2) is 14.8 Å². The minimum atomic E-state index is 0.816. The number of aromatic nitrogens is 3. The van der Waals surface area contributed by atoms with Gasteiger partial charge in [0.1, 0.15) is 5.69 Å². The Bertz CT molecular complexity index is 725. The van der Waals surface area contributed by atoms with E-state index in [0.717, 1.165) is 29.1 Å². The molecule has 0 fully saturated rings. The third-order valence-electron chi connectivity index (χ3n) is 2.73. The maximum atomic E-state index is 4.59. The topological polar surface area (TPSA) is 30.7 Å². The quantitative estimate of drug-likeness (QED) is 0.668. The van der Waals surface area contributed by atoms with Gasteiger partial charge in [0.2, 0.25) is 0 Å². The Hall–Kier alpha value is -2.12. The van der Waals surface area contributed by atoms with Crippen LogP contribution in [0.2, 0.25) is 0 Å². The normalized spacial score (nSPS) is 10.4. The molecule has 0 aliphatic carbocycles. The summed E-state index contributed by atoms with van der Waals surface area (Å²) < 4.78 is 3.01. The molecule has 2 heterocycles. The minimum absolute atomic E-state index is 0.816. The van der Waals surface area contributed by atoms with E-state index in [9.17, 15) is 0 Å². The summed E-state index contributed by atoms with van der Waals surface area (Å²) in [5.74, 6) is 6.21. The highest BCUT2D eigenvalue weighted by atomic mass is 32.1. The van der Waals surface area contributed by atoms with Crippen LogP contribution in [0.15, 0.2) is 36.5 Å². The van der Waals surface area contributed by atoms with Gasteiger partial charge in [-0.3, -0.25) is 4.68 Å². The highest BCUT2D eigenvalue weighted by molar-refractivity contribution is 7.18. The van der Waals surface area contributed by atoms with Crippen molar-refractivity contribution in [3.05, 3.63) is 47.2 Å². The van der Waals surface area contributed by atoms with E-state index in [1.807, 2.05) is 31.4 Å². The number of para-hydroxylation sites is 1. The Labute approximate surface area is 115 Å². The Kier molecular flexibility index (Phi) is 3.30. The second-order valence-corrected chi connectivity index (χ2v) is 5.37. The molecule has 19 heavy (non-hydrogen) atoms. The van der Waals surface area contributed by atoms with E-state index in [1.165, 1.54) is 4.70 Å². The van der Waals surface area contributed by atoms with Crippen molar-refractivity contribution in [3.63, 3.8) is 0 Å². The number of rotatable bonds is 2. The van der Waals surface area contributed by atoms with Gasteiger partial charge >= 0.3 is 0 Å². The van der Waals surface area contributed by atoms with Crippen LogP contribution in [0.5, 0.6) is 0 Å². The lowest BCUT2D eigenvalue weighted by atomic mass is 10.3. The van der Waals surface area contributed by atoms with E-state index in [0.29, 0.717) is 0 Å². The molecule has 0 spiro atoms. The van der Waals surface area contributed by atoms with Crippen LogP contribution in [0.1, 0.15) is 17.1 Å². The Morgan fingerprint density at radius 3 is 2.95 bits per heavy atom. The number of hydrogen-bond acceptors (Lipinski definition) is 3. The fraction of sp³-hybridized carbons (Fsp3) is 0.200. The molecule has 3 nitrogen and oxygen atoms in total. The standard InChI is InChI=1S/C15H13N3S/c1-18-11-10-12(17-18)6-2-5-9-15-16-13-7-3-4-8-14(13)19-15/h3-4,7-8,10-11H,5,9H2,1H3. The zero-order chi connectivity index (χ0) is 13.1. The molecule has 0 saturated carbocycles. The van der Waals surface area contributed by atoms with Crippen molar-refractivity contribution in [2.45, 2.75) is 12.8 Å². The van der Waals surface area contributed by atoms with Crippen molar-refractivity contribution in [2.24, 2.45) is 7.05 Å². The van der Waals surface area contributed by atoms with Gasteiger partial charge in [-0.2, -0.15) is 5.10 Å². The van der Waals surface area contributed by atoms with Crippen molar-refractivity contribution in [1.82, 2.24) is 14.8 Å². The van der Waals surface area contributed by atoms with Crippen molar-refractivity contribution >= 4 is 21.6 Å². The van der Waals surface area contributed by atoms with Gasteiger partial charge in [-0.05, 0) is 24.1 Å². The van der Waals surface area contributed by atoms with E-state index in [-0.39, 0.29) is 0 Å². The lowest BCUT2D eigenvalue weighted by Gasteiger charge is -1.86. The molecule has 0 saturated heterocycles. The third-order valence-corrected chi connectivity index (χ3v) is 3.83. The zero-order valence-electron chi connectivity index (χ0n) is 10.6. The molecule has 94 valence electrons. The molecule has 0 N–H and O–H groups in total. The van der Waals surface area contributed by atoms with Crippen LogP contribution in [0.3, 0.4) is 0 Å². The van der Waals surface area contributed by atoms with Crippen molar-refractivity contribution < 1.29 is 0 Å². The number of nitrogens with zero attached hydrogens (tertiary/aromatic N) is 3. The number of benzene rings is 1. The molecule has 0 amide bonds. The monoisotopic (exact) mass is 267 g/mol. The van der Waals surface area contributed by atoms with Gasteiger partial charge in [-0.15, -0.1) is 11.3 Å². The largest absolute Gasteiger partial charge is 0.275 e. The van der Waals surface area contributed by atoms with E-state index >= 15 is 0 Å². The van der Waals surface area contributed by atoms with E-state index < -0.39 is 0 Å². The lowest BCUT2D eigenvalue weighted by molar-refractivity contribution is 0.764. The van der Waals surface area contributed by atoms with Crippen LogP contribution in [-0.2, 0) is 13.5 Å². The summed E-state index contributed by atoms with van der Waals surface area (Å²) in [4.78, 5) is 4.59. The second kappa shape index (κ2) is 5.25. The van der Waals surface area contributed by atoms with Crippen molar-refractivity contribution in [2.75, 3.05) is 0 Å². The van der Waals surface area contributed by atoms with Crippen molar-refractivity contribution in [3.8, 4) is 11.8 Å². The lowest BCUT2D eigenvalue weighted by Crippen LogP contribution is -1.87. The Morgan fingerprint density at radius 2 is 2.16 bits per heavy atom. The number of aryl methyl sites for hydroxylation is 2. The molecule has 0 aliphatic heterocycles. The molecule has 3 aromatic rings. The van der Waals surface area contributed by atoms with E-state index in [2.05, 4.69) is 34.1 Å². The summed E-state index contributed by atoms with van der Waals surface area (Å²) in [6.07, 6.45) is 3.62. The van der Waals surface area contributed by atoms with Gasteiger partial charge < -0.3 is 0 Å². The average Bonchev–Trinajstić information content (AvgIpc) is 3.00. The SMILES string of the molecule is Cn1ccc(C#CCCc2nc3ccccc3s2)n1. The maximum Gasteiger partial charge on any atom is 0.135 e. The first-order valence-corrected chi connectivity index (χ1v) is 6.96. The highest BCUT2D eigenvalue weighted by Gasteiger charge is 2.01. The molecule has 0 atom stereocenters. The minimum Gasteiger partial charge on any atom is -0.275 e. The van der Waals surface area contributed by atoms with Gasteiger partial charge in [0, 0.05) is 26.1 Å². The first kappa shape index (κ1) is 11.9. The molecule has 0 radical (unpaired) electrons. The summed E-state index contributed by atoms with van der Waals surface area (Å²) >= 11 is 1.75. The Balaban J connectivity index is 1.65. The van der Waals surface area contributed by atoms with Gasteiger partial charge in [-0.1, -0.05) is 18.1 Å². The molecular weight excluding hydrogens is 254 g/mol. The van der Waals surface area contributed by atoms with Gasteiger partial charge in [-0.25, -0.2) is 4.98 Å². The third kappa shape index (κ3) is 2.83. The van der Waals surface area contributed by atoms with E-state index in [4.69, 9.17) is 0 Å². The van der Waals surface area contributed by atoms with Crippen LogP contribution in [0.4, 0.5) is 0 Å². The van der Waals surface area contributed by atoms with Crippen molar-refractivity contribution in [1.29, 1.82) is 0 Å². The zero-order valence-corrected chi connectivity index (χ0v) is 11.4. The molecule has 2 aromatic heterocycles. The molecule has 0 aliphatic rings. The molecule has 0 unspecified atom stereocenters. The smallest absolute Gasteiger partial charge is 0.135 e. The predicted octanol–water partition coefficient (Wildman–Crippen LogP) is 3.01. The maximum absolute atomic E-state index is 4.59. The first-order valence-electron chi connectivity index (χ1n) is 6.14. The second-order valence-electron chi connectivity index (χ2n) is 4.25. The fourth-order valence-electron chi connectivity index (χ4n) is 1.83. The highest BCUT2D eigenvalue weighted by Crippen LogP contribution is 2.22. The Morgan fingerprint density at radius 1 is 1.26 bits per heavy atom. The molecule has 0 bridgehead atoms. The van der Waals surface area contributed by atoms with Crippen LogP contribution >= 0.6 is 11.3 Å². The van der Waals surface area contributed by atoms with Crippen LogP contribution in [0, 0.1) is 11.8 Å². The summed E-state index contributed by atoms with van der Waals surface area (Å²) in [6, 6.07) is 10.1. The first-order chi connectivity index (χ1) is 9.31. The van der Waals surface area contributed by atoms with Gasteiger partial charge in [0.05, 0.1) is 15.2 Å². The fourth-order valence-corrected chi connectivity index (χ4v) is 2.80. The number of thiazole rings is 1. The number of hydrogen-bond donors (Lipinski definition) is 0. The molecular formula is C15H13N3S. The summed E-state index contributed by atoms with van der Waals surface area (Å²) in [5, 5.41) is 5.37.